The highest BCUT2D eigenvalue weighted by Gasteiger charge is 2.22. The van der Waals surface area contributed by atoms with E-state index in [-0.39, 0.29) is 10.6 Å². The summed E-state index contributed by atoms with van der Waals surface area (Å²) in [6, 6.07) is 15.7. The molecular weight excluding hydrogens is 510 g/mol. The predicted octanol–water partition coefficient (Wildman–Crippen LogP) is 4.47. The second-order valence-electron chi connectivity index (χ2n) is 8.20. The van der Waals surface area contributed by atoms with Crippen LogP contribution in [0.2, 0.25) is 5.02 Å². The van der Waals surface area contributed by atoms with E-state index in [4.69, 9.17) is 11.6 Å². The lowest BCUT2D eigenvalue weighted by atomic mass is 10.1. The van der Waals surface area contributed by atoms with Crippen LogP contribution in [0.25, 0.3) is 0 Å². The van der Waals surface area contributed by atoms with Gasteiger partial charge in [-0.3, -0.25) is 13.8 Å². The number of amides is 1. The zero-order valence-corrected chi connectivity index (χ0v) is 22.1. The smallest absolute Gasteiger partial charge is 0.261 e. The van der Waals surface area contributed by atoms with Crippen molar-refractivity contribution in [3.8, 4) is 0 Å². The third-order valence-electron chi connectivity index (χ3n) is 5.21. The molecule has 0 saturated carbocycles. The summed E-state index contributed by atoms with van der Waals surface area (Å²) >= 11 is 6.12. The topological polar surface area (TPSA) is 113 Å². The average molecular weight is 536 g/mol. The van der Waals surface area contributed by atoms with Crippen LogP contribution in [-0.4, -0.2) is 35.5 Å². The summed E-state index contributed by atoms with van der Waals surface area (Å²) in [6.45, 7) is 5.04. The molecule has 0 unspecified atom stereocenters. The molecule has 0 aliphatic heterocycles. The number of aryl methyl sites for hydroxylation is 3. The molecule has 0 heterocycles. The summed E-state index contributed by atoms with van der Waals surface area (Å²) in [7, 11) is -7.61. The van der Waals surface area contributed by atoms with Crippen LogP contribution in [0, 0.1) is 20.8 Å². The number of anilines is 3. The Morgan fingerprint density at radius 1 is 0.886 bits per heavy atom. The van der Waals surface area contributed by atoms with Gasteiger partial charge in [-0.25, -0.2) is 16.8 Å². The van der Waals surface area contributed by atoms with Crippen molar-refractivity contribution in [2.75, 3.05) is 27.1 Å². The van der Waals surface area contributed by atoms with Gasteiger partial charge in [-0.1, -0.05) is 35.4 Å². The van der Waals surface area contributed by atoms with Crippen LogP contribution < -0.4 is 14.3 Å². The maximum atomic E-state index is 12.8. The van der Waals surface area contributed by atoms with Crippen molar-refractivity contribution in [3.63, 3.8) is 0 Å². The maximum Gasteiger partial charge on any atom is 0.261 e. The minimum Gasteiger partial charge on any atom is -0.325 e. The zero-order chi connectivity index (χ0) is 26.0. The van der Waals surface area contributed by atoms with Gasteiger partial charge in [0.05, 0.1) is 22.5 Å². The summed E-state index contributed by atoms with van der Waals surface area (Å²) in [4.78, 5) is 12.6. The molecule has 11 heteroatoms. The molecule has 0 aromatic heterocycles. The SMILES string of the molecule is Cc1ccc(NS(=O)(=O)c2ccc(NC(=O)CN(c3ccc(C)c(Cl)c3)S(C)(=O)=O)cc2)c(C)c1. The van der Waals surface area contributed by atoms with E-state index in [0.29, 0.717) is 16.4 Å². The molecule has 8 nitrogen and oxygen atoms in total. The zero-order valence-electron chi connectivity index (χ0n) is 19.7. The summed E-state index contributed by atoms with van der Waals surface area (Å²) in [5.74, 6) is -0.601. The molecule has 0 aliphatic carbocycles. The van der Waals surface area contributed by atoms with Gasteiger partial charge >= 0.3 is 0 Å². The van der Waals surface area contributed by atoms with E-state index < -0.39 is 32.5 Å². The van der Waals surface area contributed by atoms with Crippen molar-refractivity contribution in [1.29, 1.82) is 0 Å². The van der Waals surface area contributed by atoms with Crippen molar-refractivity contribution in [3.05, 3.63) is 82.4 Å². The van der Waals surface area contributed by atoms with Crippen LogP contribution in [0.3, 0.4) is 0 Å². The lowest BCUT2D eigenvalue weighted by Crippen LogP contribution is -2.37. The number of sulfonamides is 2. The fourth-order valence-electron chi connectivity index (χ4n) is 3.32. The Bertz CT molecular complexity index is 1470. The highest BCUT2D eigenvalue weighted by atomic mass is 35.5. The van der Waals surface area contributed by atoms with Gasteiger partial charge in [0.2, 0.25) is 15.9 Å². The van der Waals surface area contributed by atoms with Crippen LogP contribution >= 0.6 is 11.6 Å². The molecule has 0 fully saturated rings. The lowest BCUT2D eigenvalue weighted by molar-refractivity contribution is -0.114. The first kappa shape index (κ1) is 26.5. The standard InChI is InChI=1S/C24H26ClN3O5S2/c1-16-5-12-23(18(3)13-16)27-35(32,33)21-10-7-19(8-11-21)26-24(29)15-28(34(4,30)31)20-9-6-17(2)22(25)14-20/h5-14,27H,15H2,1-4H3,(H,26,29). The van der Waals surface area contributed by atoms with Crippen LogP contribution in [0.1, 0.15) is 16.7 Å². The molecule has 35 heavy (non-hydrogen) atoms. The summed E-state index contributed by atoms with van der Waals surface area (Å²) in [6.07, 6.45) is 0.996. The van der Waals surface area contributed by atoms with Crippen LogP contribution in [0.5, 0.6) is 0 Å². The van der Waals surface area contributed by atoms with Crippen molar-refractivity contribution in [1.82, 2.24) is 0 Å². The highest BCUT2D eigenvalue weighted by molar-refractivity contribution is 7.92. The van der Waals surface area contributed by atoms with Gasteiger partial charge in [-0.05, 0) is 74.4 Å². The van der Waals surface area contributed by atoms with Crippen molar-refractivity contribution in [2.45, 2.75) is 25.7 Å². The maximum absolute atomic E-state index is 12.8. The molecule has 0 bridgehead atoms. The Morgan fingerprint density at radius 2 is 1.54 bits per heavy atom. The molecule has 3 aromatic carbocycles. The van der Waals surface area contributed by atoms with Crippen molar-refractivity contribution in [2.24, 2.45) is 0 Å². The monoisotopic (exact) mass is 535 g/mol. The second kappa shape index (κ2) is 10.3. The largest absolute Gasteiger partial charge is 0.325 e. The molecule has 186 valence electrons. The third-order valence-corrected chi connectivity index (χ3v) is 8.13. The number of benzene rings is 3. The number of hydrogen-bond acceptors (Lipinski definition) is 5. The first-order valence-electron chi connectivity index (χ1n) is 10.5. The first-order chi connectivity index (χ1) is 16.3. The number of carbonyl (C=O) groups is 1. The molecule has 0 spiro atoms. The van der Waals surface area contributed by atoms with E-state index in [9.17, 15) is 21.6 Å². The molecule has 1 amide bonds. The van der Waals surface area contributed by atoms with Gasteiger partial charge in [0.15, 0.2) is 0 Å². The molecule has 3 aromatic rings. The van der Waals surface area contributed by atoms with Gasteiger partial charge in [-0.2, -0.15) is 0 Å². The minimum absolute atomic E-state index is 0.0162. The first-order valence-corrected chi connectivity index (χ1v) is 14.2. The number of rotatable bonds is 8. The highest BCUT2D eigenvalue weighted by Crippen LogP contribution is 2.25. The number of nitrogens with one attached hydrogen (secondary N) is 2. The lowest BCUT2D eigenvalue weighted by Gasteiger charge is -2.22. The van der Waals surface area contributed by atoms with Crippen molar-refractivity contribution < 1.29 is 21.6 Å². The predicted molar refractivity (Wildman–Crippen MR) is 140 cm³/mol. The fourth-order valence-corrected chi connectivity index (χ4v) is 5.47. The van der Waals surface area contributed by atoms with Gasteiger partial charge in [-0.15, -0.1) is 0 Å². The summed E-state index contributed by atoms with van der Waals surface area (Å²) in [5, 5.41) is 2.97. The minimum atomic E-state index is -3.84. The molecule has 0 aliphatic rings. The van der Waals surface area contributed by atoms with Gasteiger partial charge < -0.3 is 5.32 Å². The number of hydrogen-bond donors (Lipinski definition) is 2. The van der Waals surface area contributed by atoms with E-state index in [2.05, 4.69) is 10.0 Å². The Hall–Kier alpha value is -3.08. The van der Waals surface area contributed by atoms with Gasteiger partial charge in [0.1, 0.15) is 6.54 Å². The number of nitrogens with zero attached hydrogens (tertiary/aromatic N) is 1. The van der Waals surface area contributed by atoms with E-state index >= 15 is 0 Å². The molecule has 2 N–H and O–H groups in total. The van der Waals surface area contributed by atoms with Crippen LogP contribution in [0.4, 0.5) is 17.1 Å². The molecule has 3 rings (SSSR count). The Balaban J connectivity index is 1.73. The molecule has 0 radical (unpaired) electrons. The molecule has 0 saturated heterocycles. The van der Waals surface area contributed by atoms with E-state index in [1.807, 2.05) is 26.0 Å². The Kier molecular flexibility index (Phi) is 7.78. The molecule has 0 atom stereocenters. The van der Waals surface area contributed by atoms with Crippen molar-refractivity contribution >= 4 is 54.6 Å². The second-order valence-corrected chi connectivity index (χ2v) is 12.2. The van der Waals surface area contributed by atoms with E-state index in [1.54, 1.807) is 25.1 Å². The van der Waals surface area contributed by atoms with Gasteiger partial charge in [0, 0.05) is 10.7 Å². The summed E-state index contributed by atoms with van der Waals surface area (Å²) < 4.78 is 53.6. The normalized spacial score (nSPS) is 11.7. The molecular formula is C24H26ClN3O5S2. The average Bonchev–Trinajstić information content (AvgIpc) is 2.76. The number of halogens is 1. The number of carbonyl (C=O) groups excluding carboxylic acids is 1. The van der Waals surface area contributed by atoms with E-state index in [1.165, 1.54) is 30.3 Å². The van der Waals surface area contributed by atoms with E-state index in [0.717, 1.165) is 27.3 Å². The van der Waals surface area contributed by atoms with Crippen LogP contribution in [0.15, 0.2) is 65.6 Å². The third kappa shape index (κ3) is 6.74. The quantitative estimate of drug-likeness (QED) is 0.442. The van der Waals surface area contributed by atoms with Crippen LogP contribution in [-0.2, 0) is 24.8 Å². The fraction of sp³-hybridized carbons (Fsp3) is 0.208. The Morgan fingerprint density at radius 3 is 2.11 bits per heavy atom. The summed E-state index contributed by atoms with van der Waals surface area (Å²) in [5.41, 5.74) is 3.64. The Labute approximate surface area is 211 Å². The van der Waals surface area contributed by atoms with Gasteiger partial charge in [0.25, 0.3) is 10.0 Å².